The number of amides is 1. The van der Waals surface area contributed by atoms with Crippen molar-refractivity contribution >= 4 is 33.7 Å². The molecule has 0 aliphatic carbocycles. The molecular weight excluding hydrogens is 420 g/mol. The summed E-state index contributed by atoms with van der Waals surface area (Å²) in [5.74, 6) is -0.752. The number of hydrogen-bond acceptors (Lipinski definition) is 7. The van der Waals surface area contributed by atoms with Crippen LogP contribution in [0.1, 0.15) is 26.2 Å². The topological polar surface area (TPSA) is 122 Å². The standard InChI is InChI=1S/C18H26N2O7S2/c1-4-5-6-13(18(22)23)19-17(21)14-10-28-11-20(14)29(24,25)12-7-8-15(26-2)16(9-12)27-3/h7-9,13-14H,4-6,10-11H2,1-3H3,(H,19,21)(H,22,23)/t13-,14-/m0/s1. The monoisotopic (exact) mass is 446 g/mol. The van der Waals surface area contributed by atoms with Gasteiger partial charge in [-0.25, -0.2) is 13.2 Å². The van der Waals surface area contributed by atoms with Crippen LogP contribution in [0.3, 0.4) is 0 Å². The van der Waals surface area contributed by atoms with Crippen LogP contribution in [-0.2, 0) is 19.6 Å². The van der Waals surface area contributed by atoms with Crippen LogP contribution in [-0.4, -0.2) is 67.6 Å². The van der Waals surface area contributed by atoms with Crippen molar-refractivity contribution in [2.24, 2.45) is 0 Å². The van der Waals surface area contributed by atoms with Gasteiger partial charge in [0.05, 0.1) is 25.0 Å². The molecule has 1 aromatic rings. The van der Waals surface area contributed by atoms with Gasteiger partial charge in [-0.1, -0.05) is 19.8 Å². The lowest BCUT2D eigenvalue weighted by atomic mass is 10.1. The quantitative estimate of drug-likeness (QED) is 0.555. The Hall–Kier alpha value is -1.98. The van der Waals surface area contributed by atoms with Gasteiger partial charge in [0.15, 0.2) is 11.5 Å². The Bertz CT molecular complexity index is 845. The number of carbonyl (C=O) groups excluding carboxylic acids is 1. The molecule has 0 bridgehead atoms. The molecule has 2 N–H and O–H groups in total. The Morgan fingerprint density at radius 1 is 1.31 bits per heavy atom. The lowest BCUT2D eigenvalue weighted by Gasteiger charge is -2.24. The number of ether oxygens (including phenoxy) is 2. The van der Waals surface area contributed by atoms with Crippen LogP contribution in [0, 0.1) is 0 Å². The minimum absolute atomic E-state index is 0.0313. The molecule has 0 radical (unpaired) electrons. The van der Waals surface area contributed by atoms with Crippen LogP contribution >= 0.6 is 11.8 Å². The third kappa shape index (κ3) is 5.34. The molecular formula is C18H26N2O7S2. The fraction of sp³-hybridized carbons (Fsp3) is 0.556. The van der Waals surface area contributed by atoms with E-state index in [1.54, 1.807) is 0 Å². The van der Waals surface area contributed by atoms with Gasteiger partial charge in [-0.15, -0.1) is 11.8 Å². The third-order valence-electron chi connectivity index (χ3n) is 4.57. The van der Waals surface area contributed by atoms with E-state index >= 15 is 0 Å². The second-order valence-corrected chi connectivity index (χ2v) is 9.36. The number of carbonyl (C=O) groups is 2. The highest BCUT2D eigenvalue weighted by Gasteiger charge is 2.41. The highest BCUT2D eigenvalue weighted by Crippen LogP contribution is 2.33. The van der Waals surface area contributed by atoms with Crippen LogP contribution in [0.4, 0.5) is 0 Å². The van der Waals surface area contributed by atoms with Gasteiger partial charge in [0.1, 0.15) is 12.1 Å². The Kier molecular flexibility index (Phi) is 8.17. The first-order valence-corrected chi connectivity index (χ1v) is 11.7. The molecule has 162 valence electrons. The van der Waals surface area contributed by atoms with E-state index in [1.165, 1.54) is 44.2 Å². The summed E-state index contributed by atoms with van der Waals surface area (Å²) >= 11 is 1.29. The average Bonchev–Trinajstić information content (AvgIpc) is 3.21. The van der Waals surface area contributed by atoms with Crippen molar-refractivity contribution in [2.75, 3.05) is 25.8 Å². The second kappa shape index (κ2) is 10.2. The van der Waals surface area contributed by atoms with Gasteiger partial charge in [-0.05, 0) is 18.6 Å². The molecule has 1 aliphatic heterocycles. The molecule has 11 heteroatoms. The van der Waals surface area contributed by atoms with Gasteiger partial charge < -0.3 is 19.9 Å². The molecule has 1 aromatic carbocycles. The summed E-state index contributed by atoms with van der Waals surface area (Å²) in [7, 11) is -1.15. The van der Waals surface area contributed by atoms with Crippen LogP contribution in [0.15, 0.2) is 23.1 Å². The smallest absolute Gasteiger partial charge is 0.326 e. The number of aliphatic carboxylic acids is 1. The Morgan fingerprint density at radius 2 is 2.00 bits per heavy atom. The highest BCUT2D eigenvalue weighted by molar-refractivity contribution is 8.00. The summed E-state index contributed by atoms with van der Waals surface area (Å²) < 4.78 is 37.6. The maximum absolute atomic E-state index is 13.1. The van der Waals surface area contributed by atoms with Gasteiger partial charge in [0, 0.05) is 11.8 Å². The van der Waals surface area contributed by atoms with Crippen molar-refractivity contribution in [3.63, 3.8) is 0 Å². The predicted molar refractivity (Wildman–Crippen MR) is 109 cm³/mol. The van der Waals surface area contributed by atoms with E-state index in [0.29, 0.717) is 18.6 Å². The molecule has 1 amide bonds. The summed E-state index contributed by atoms with van der Waals surface area (Å²) in [6.07, 6.45) is 1.73. The van der Waals surface area contributed by atoms with E-state index < -0.39 is 34.0 Å². The maximum Gasteiger partial charge on any atom is 0.326 e. The minimum Gasteiger partial charge on any atom is -0.493 e. The van der Waals surface area contributed by atoms with Crippen molar-refractivity contribution in [3.05, 3.63) is 18.2 Å². The van der Waals surface area contributed by atoms with Crippen LogP contribution < -0.4 is 14.8 Å². The van der Waals surface area contributed by atoms with Gasteiger partial charge in [0.25, 0.3) is 0 Å². The Balaban J connectivity index is 2.24. The number of thioether (sulfide) groups is 1. The molecule has 1 saturated heterocycles. The first kappa shape index (κ1) is 23.3. The lowest BCUT2D eigenvalue weighted by molar-refractivity contribution is -0.142. The van der Waals surface area contributed by atoms with Crippen molar-refractivity contribution in [2.45, 2.75) is 43.2 Å². The molecule has 0 aromatic heterocycles. The number of carboxylic acid groups (broad SMARTS) is 1. The van der Waals surface area contributed by atoms with Gasteiger partial charge >= 0.3 is 5.97 Å². The summed E-state index contributed by atoms with van der Waals surface area (Å²) in [6.45, 7) is 1.92. The third-order valence-corrected chi connectivity index (χ3v) is 7.59. The fourth-order valence-electron chi connectivity index (χ4n) is 2.92. The molecule has 2 rings (SSSR count). The second-order valence-electron chi connectivity index (χ2n) is 6.47. The summed E-state index contributed by atoms with van der Waals surface area (Å²) in [5, 5.41) is 11.8. The molecule has 2 atom stereocenters. The number of rotatable bonds is 10. The van der Waals surface area contributed by atoms with Crippen molar-refractivity contribution in [1.29, 1.82) is 0 Å². The SMILES string of the molecule is CCCC[C@H](NC(=O)[C@@H]1CSCN1S(=O)(=O)c1ccc(OC)c(OC)c1)C(=O)O. The first-order chi connectivity index (χ1) is 13.8. The summed E-state index contributed by atoms with van der Waals surface area (Å²) in [6, 6.07) is 2.18. The molecule has 0 saturated carbocycles. The van der Waals surface area contributed by atoms with Crippen molar-refractivity contribution in [3.8, 4) is 11.5 Å². The molecule has 0 unspecified atom stereocenters. The van der Waals surface area contributed by atoms with Crippen molar-refractivity contribution in [1.82, 2.24) is 9.62 Å². The normalized spacial score (nSPS) is 18.2. The minimum atomic E-state index is -3.99. The Morgan fingerprint density at radius 3 is 2.59 bits per heavy atom. The lowest BCUT2D eigenvalue weighted by Crippen LogP contribution is -2.51. The fourth-order valence-corrected chi connectivity index (χ4v) is 6.08. The Labute approximate surface area is 174 Å². The molecule has 9 nitrogen and oxygen atoms in total. The number of carboxylic acids is 1. The first-order valence-electron chi connectivity index (χ1n) is 9.11. The van der Waals surface area contributed by atoms with E-state index in [4.69, 9.17) is 9.47 Å². The number of nitrogens with zero attached hydrogens (tertiary/aromatic N) is 1. The number of unbranched alkanes of at least 4 members (excludes halogenated alkanes) is 1. The number of hydrogen-bond donors (Lipinski definition) is 2. The number of methoxy groups -OCH3 is 2. The van der Waals surface area contributed by atoms with Crippen LogP contribution in [0.5, 0.6) is 11.5 Å². The highest BCUT2D eigenvalue weighted by atomic mass is 32.2. The van der Waals surface area contributed by atoms with E-state index in [9.17, 15) is 23.1 Å². The van der Waals surface area contributed by atoms with Gasteiger partial charge in [-0.2, -0.15) is 4.31 Å². The number of nitrogens with one attached hydrogen (secondary N) is 1. The molecule has 1 aliphatic rings. The average molecular weight is 447 g/mol. The zero-order valence-electron chi connectivity index (χ0n) is 16.6. The van der Waals surface area contributed by atoms with Gasteiger partial charge in [-0.3, -0.25) is 4.79 Å². The number of benzene rings is 1. The predicted octanol–water partition coefficient (Wildman–Crippen LogP) is 1.53. The van der Waals surface area contributed by atoms with Crippen LogP contribution in [0.25, 0.3) is 0 Å². The molecule has 1 fully saturated rings. The zero-order chi connectivity index (χ0) is 21.6. The zero-order valence-corrected chi connectivity index (χ0v) is 18.2. The molecule has 29 heavy (non-hydrogen) atoms. The summed E-state index contributed by atoms with van der Waals surface area (Å²) in [5.41, 5.74) is 0. The summed E-state index contributed by atoms with van der Waals surface area (Å²) in [4.78, 5) is 24.1. The van der Waals surface area contributed by atoms with Crippen LogP contribution in [0.2, 0.25) is 0 Å². The largest absolute Gasteiger partial charge is 0.493 e. The maximum atomic E-state index is 13.1. The van der Waals surface area contributed by atoms with E-state index in [1.807, 2.05) is 6.92 Å². The van der Waals surface area contributed by atoms with Gasteiger partial charge in [0.2, 0.25) is 15.9 Å². The van der Waals surface area contributed by atoms with E-state index in [0.717, 1.165) is 10.7 Å². The molecule has 0 spiro atoms. The number of sulfonamides is 1. The van der Waals surface area contributed by atoms with E-state index in [-0.39, 0.29) is 22.3 Å². The van der Waals surface area contributed by atoms with Crippen molar-refractivity contribution < 1.29 is 32.6 Å². The molecule has 1 heterocycles. The van der Waals surface area contributed by atoms with E-state index in [2.05, 4.69) is 5.32 Å².